The summed E-state index contributed by atoms with van der Waals surface area (Å²) in [4.78, 5) is 22.6. The minimum atomic E-state index is -0.135. The van der Waals surface area contributed by atoms with Crippen LogP contribution in [0, 0.1) is 0 Å². The van der Waals surface area contributed by atoms with E-state index in [2.05, 4.69) is 9.88 Å². The van der Waals surface area contributed by atoms with Gasteiger partial charge in [-0.25, -0.2) is 0 Å². The second-order valence-electron chi connectivity index (χ2n) is 4.21. The molecule has 2 heterocycles. The Morgan fingerprint density at radius 3 is 2.88 bits per heavy atom. The number of rotatable bonds is 1. The summed E-state index contributed by atoms with van der Waals surface area (Å²) in [5, 5.41) is 2.73. The van der Waals surface area contributed by atoms with Gasteiger partial charge in [-0.15, -0.1) is 0 Å². The van der Waals surface area contributed by atoms with E-state index in [1.807, 2.05) is 0 Å². The molecule has 4 nitrogen and oxygen atoms in total. The van der Waals surface area contributed by atoms with Gasteiger partial charge in [-0.3, -0.25) is 9.59 Å². The first kappa shape index (κ1) is 10.9. The SMILES string of the molecule is CC(=O)Nc1cc(=O)cc2n1CCCCC2. The number of fused-ring (bicyclic) bond motifs is 1. The average Bonchev–Trinajstić information content (AvgIpc) is 2.41. The maximum Gasteiger partial charge on any atom is 0.222 e. The predicted octanol–water partition coefficient (Wildman–Crippen LogP) is 1.53. The third-order valence-corrected chi connectivity index (χ3v) is 2.84. The lowest BCUT2D eigenvalue weighted by Gasteiger charge is -2.15. The molecule has 0 atom stereocenters. The first-order valence-corrected chi connectivity index (χ1v) is 5.68. The van der Waals surface area contributed by atoms with E-state index < -0.39 is 0 Å². The van der Waals surface area contributed by atoms with Gasteiger partial charge in [0.05, 0.1) is 0 Å². The normalized spacial score (nSPS) is 15.1. The average molecular weight is 220 g/mol. The Labute approximate surface area is 94.3 Å². The molecule has 0 bridgehead atoms. The van der Waals surface area contributed by atoms with Gasteiger partial charge in [-0.1, -0.05) is 6.42 Å². The molecule has 1 N–H and O–H groups in total. The second-order valence-corrected chi connectivity index (χ2v) is 4.21. The molecule has 2 rings (SSSR count). The van der Waals surface area contributed by atoms with Gasteiger partial charge >= 0.3 is 0 Å². The number of carbonyl (C=O) groups excluding carboxylic acids is 1. The Kier molecular flexibility index (Phi) is 3.08. The highest BCUT2D eigenvalue weighted by molar-refractivity contribution is 5.87. The Hall–Kier alpha value is -1.58. The van der Waals surface area contributed by atoms with Crippen molar-refractivity contribution < 1.29 is 4.79 Å². The van der Waals surface area contributed by atoms with Gasteiger partial charge in [0, 0.05) is 31.3 Å². The molecule has 0 fully saturated rings. The van der Waals surface area contributed by atoms with Crippen LogP contribution in [0.4, 0.5) is 5.82 Å². The number of anilines is 1. The van der Waals surface area contributed by atoms with E-state index in [1.54, 1.807) is 6.07 Å². The molecular formula is C12H16N2O2. The Balaban J connectivity index is 2.46. The highest BCUT2D eigenvalue weighted by atomic mass is 16.1. The summed E-state index contributed by atoms with van der Waals surface area (Å²) in [7, 11) is 0. The lowest BCUT2D eigenvalue weighted by Crippen LogP contribution is -2.19. The maximum atomic E-state index is 11.5. The summed E-state index contributed by atoms with van der Waals surface area (Å²) in [6.45, 7) is 2.34. The number of hydrogen-bond donors (Lipinski definition) is 1. The van der Waals surface area contributed by atoms with Crippen molar-refractivity contribution in [1.82, 2.24) is 4.57 Å². The molecule has 0 aromatic carbocycles. The van der Waals surface area contributed by atoms with E-state index in [1.165, 1.54) is 19.4 Å². The molecule has 86 valence electrons. The molecule has 0 saturated carbocycles. The van der Waals surface area contributed by atoms with Gasteiger partial charge in [-0.05, 0) is 19.3 Å². The van der Waals surface area contributed by atoms with Gasteiger partial charge in [0.2, 0.25) is 5.91 Å². The lowest BCUT2D eigenvalue weighted by atomic mass is 10.2. The first-order chi connectivity index (χ1) is 7.66. The van der Waals surface area contributed by atoms with Crippen LogP contribution in [-0.4, -0.2) is 10.5 Å². The molecule has 0 unspecified atom stereocenters. The third kappa shape index (κ3) is 2.32. The molecule has 0 radical (unpaired) electrons. The van der Waals surface area contributed by atoms with Crippen LogP contribution in [-0.2, 0) is 17.8 Å². The molecule has 1 aliphatic rings. The molecule has 1 amide bonds. The number of amides is 1. The number of aromatic nitrogens is 1. The highest BCUT2D eigenvalue weighted by Crippen LogP contribution is 2.17. The first-order valence-electron chi connectivity index (χ1n) is 5.68. The maximum absolute atomic E-state index is 11.5. The molecule has 1 aromatic rings. The van der Waals surface area contributed by atoms with Crippen molar-refractivity contribution >= 4 is 11.7 Å². The Morgan fingerprint density at radius 2 is 2.12 bits per heavy atom. The van der Waals surface area contributed by atoms with E-state index in [-0.39, 0.29) is 11.3 Å². The number of nitrogens with zero attached hydrogens (tertiary/aromatic N) is 1. The van der Waals surface area contributed by atoms with Crippen molar-refractivity contribution in [2.75, 3.05) is 5.32 Å². The molecule has 4 heteroatoms. The molecule has 0 aliphatic carbocycles. The molecule has 1 aromatic heterocycles. The van der Waals surface area contributed by atoms with E-state index in [0.717, 1.165) is 31.5 Å². The topological polar surface area (TPSA) is 51.1 Å². The summed E-state index contributed by atoms with van der Waals surface area (Å²) >= 11 is 0. The van der Waals surface area contributed by atoms with E-state index in [9.17, 15) is 9.59 Å². The van der Waals surface area contributed by atoms with Crippen molar-refractivity contribution in [1.29, 1.82) is 0 Å². The van der Waals surface area contributed by atoms with Crippen LogP contribution >= 0.6 is 0 Å². The monoisotopic (exact) mass is 220 g/mol. The second kappa shape index (κ2) is 4.51. The summed E-state index contributed by atoms with van der Waals surface area (Å²) in [6, 6.07) is 3.17. The van der Waals surface area contributed by atoms with Crippen molar-refractivity contribution in [3.63, 3.8) is 0 Å². The largest absolute Gasteiger partial charge is 0.331 e. The molecule has 0 saturated heterocycles. The quantitative estimate of drug-likeness (QED) is 0.780. The lowest BCUT2D eigenvalue weighted by molar-refractivity contribution is -0.114. The number of carbonyl (C=O) groups is 1. The zero-order valence-corrected chi connectivity index (χ0v) is 9.45. The highest BCUT2D eigenvalue weighted by Gasteiger charge is 2.11. The van der Waals surface area contributed by atoms with E-state index in [4.69, 9.17) is 0 Å². The van der Waals surface area contributed by atoms with Crippen LogP contribution < -0.4 is 10.7 Å². The molecule has 16 heavy (non-hydrogen) atoms. The Morgan fingerprint density at radius 1 is 1.31 bits per heavy atom. The van der Waals surface area contributed by atoms with E-state index in [0.29, 0.717) is 5.82 Å². The fraction of sp³-hybridized carbons (Fsp3) is 0.500. The van der Waals surface area contributed by atoms with Crippen LogP contribution in [0.25, 0.3) is 0 Å². The van der Waals surface area contributed by atoms with Crippen molar-refractivity contribution in [3.8, 4) is 0 Å². The zero-order valence-electron chi connectivity index (χ0n) is 9.45. The number of pyridine rings is 1. The Bertz CT molecular complexity index is 463. The zero-order chi connectivity index (χ0) is 11.5. The van der Waals surface area contributed by atoms with Gasteiger partial charge in [-0.2, -0.15) is 0 Å². The summed E-state index contributed by atoms with van der Waals surface area (Å²) in [5.41, 5.74) is 1.01. The molecule has 0 spiro atoms. The predicted molar refractivity (Wildman–Crippen MR) is 62.6 cm³/mol. The van der Waals surface area contributed by atoms with Crippen LogP contribution in [0.15, 0.2) is 16.9 Å². The fourth-order valence-corrected chi connectivity index (χ4v) is 2.16. The minimum absolute atomic E-state index is 0.0306. The van der Waals surface area contributed by atoms with Crippen LogP contribution in [0.3, 0.4) is 0 Å². The van der Waals surface area contributed by atoms with Crippen LogP contribution in [0.5, 0.6) is 0 Å². The van der Waals surface area contributed by atoms with Crippen molar-refractivity contribution in [3.05, 3.63) is 28.0 Å². The minimum Gasteiger partial charge on any atom is -0.331 e. The number of aryl methyl sites for hydroxylation is 1. The fourth-order valence-electron chi connectivity index (χ4n) is 2.16. The van der Waals surface area contributed by atoms with Crippen molar-refractivity contribution in [2.24, 2.45) is 0 Å². The molecular weight excluding hydrogens is 204 g/mol. The summed E-state index contributed by atoms with van der Waals surface area (Å²) in [5.74, 6) is 0.501. The van der Waals surface area contributed by atoms with Gasteiger partial charge in [0.25, 0.3) is 0 Å². The number of hydrogen-bond acceptors (Lipinski definition) is 2. The van der Waals surface area contributed by atoms with Crippen molar-refractivity contribution in [2.45, 2.75) is 39.2 Å². The third-order valence-electron chi connectivity index (χ3n) is 2.84. The van der Waals surface area contributed by atoms with Crippen LogP contribution in [0.2, 0.25) is 0 Å². The number of nitrogens with one attached hydrogen (secondary N) is 1. The standard InChI is InChI=1S/C12H16N2O2/c1-9(15)13-12-8-11(16)7-10-5-3-2-4-6-14(10)12/h7-8H,2-6H2,1H3,(H,13,15). The van der Waals surface area contributed by atoms with Crippen LogP contribution in [0.1, 0.15) is 31.9 Å². The van der Waals surface area contributed by atoms with E-state index >= 15 is 0 Å². The summed E-state index contributed by atoms with van der Waals surface area (Å²) < 4.78 is 2.05. The van der Waals surface area contributed by atoms with Gasteiger partial charge in [0.1, 0.15) is 5.82 Å². The van der Waals surface area contributed by atoms with Gasteiger partial charge < -0.3 is 9.88 Å². The van der Waals surface area contributed by atoms with Gasteiger partial charge in [0.15, 0.2) is 5.43 Å². The smallest absolute Gasteiger partial charge is 0.222 e. The molecule has 1 aliphatic heterocycles. The summed E-state index contributed by atoms with van der Waals surface area (Å²) in [6.07, 6.45) is 4.31.